The molecule has 248 valence electrons. The van der Waals surface area contributed by atoms with Gasteiger partial charge < -0.3 is 0 Å². The topological polar surface area (TPSA) is 34.1 Å². The second-order valence-corrected chi connectivity index (χ2v) is 27.0. The van der Waals surface area contributed by atoms with Gasteiger partial charge in [0.1, 0.15) is 16.1 Å². The van der Waals surface area contributed by atoms with Crippen molar-refractivity contribution in [2.75, 3.05) is 0 Å². The normalized spacial score (nSPS) is 13.5. The average Bonchev–Trinajstić information content (AvgIpc) is 3.01. The number of fused-ring (bicyclic) bond motifs is 4. The average molecular weight is 669 g/mol. The molecule has 0 radical (unpaired) electrons. The molecule has 0 N–H and O–H groups in total. The van der Waals surface area contributed by atoms with Gasteiger partial charge in [-0.15, -0.1) is 11.1 Å². The standard InChI is InChI=1S/C44H52O2Si2/c1-27(2)47(28(3)4,29(5)6)19-17-33-13-15-35-23-39-41(25-37(35)21-33)44(46)42-26-38-22-34(14-16-36(38)24-40(42)43(39)45)18-20-48(30(7)8,31(9)10)32(11)12/h13-16,21-32H,1-12H3. The zero-order valence-electron chi connectivity index (χ0n) is 31.1. The summed E-state index contributed by atoms with van der Waals surface area (Å²) in [6, 6.07) is 19.9. The first kappa shape index (κ1) is 35.6. The summed E-state index contributed by atoms with van der Waals surface area (Å²) in [4.78, 5) is 28.0. The Morgan fingerprint density at radius 1 is 0.396 bits per heavy atom. The minimum absolute atomic E-state index is 0.0979. The first-order valence-electron chi connectivity index (χ1n) is 17.9. The van der Waals surface area contributed by atoms with Gasteiger partial charge >= 0.3 is 0 Å². The van der Waals surface area contributed by atoms with Crippen molar-refractivity contribution in [3.05, 3.63) is 94.0 Å². The molecular weight excluding hydrogens is 617 g/mol. The van der Waals surface area contributed by atoms with Crippen LogP contribution < -0.4 is 0 Å². The number of carbonyl (C=O) groups excluding carboxylic acids is 2. The highest BCUT2D eigenvalue weighted by Gasteiger charge is 2.42. The van der Waals surface area contributed by atoms with Gasteiger partial charge in [0.05, 0.1) is 0 Å². The molecule has 0 aliphatic heterocycles. The third-order valence-corrected chi connectivity index (χ3v) is 24.1. The predicted molar refractivity (Wildman–Crippen MR) is 211 cm³/mol. The van der Waals surface area contributed by atoms with E-state index in [9.17, 15) is 9.59 Å². The van der Waals surface area contributed by atoms with Crippen LogP contribution in [0, 0.1) is 22.9 Å². The number of rotatable bonds is 6. The Bertz CT molecular complexity index is 1870. The molecule has 5 rings (SSSR count). The Kier molecular flexibility index (Phi) is 9.87. The van der Waals surface area contributed by atoms with Crippen LogP contribution in [0.15, 0.2) is 60.7 Å². The van der Waals surface area contributed by atoms with E-state index in [4.69, 9.17) is 0 Å². The van der Waals surface area contributed by atoms with E-state index in [0.717, 1.165) is 32.7 Å². The van der Waals surface area contributed by atoms with E-state index < -0.39 is 16.1 Å². The van der Waals surface area contributed by atoms with Crippen molar-refractivity contribution >= 4 is 49.3 Å². The summed E-state index contributed by atoms with van der Waals surface area (Å²) >= 11 is 0. The molecular formula is C44H52O2Si2. The minimum atomic E-state index is -1.88. The lowest BCUT2D eigenvalue weighted by Gasteiger charge is -2.38. The third kappa shape index (κ3) is 5.93. The fraction of sp³-hybridized carbons (Fsp3) is 0.409. The van der Waals surface area contributed by atoms with E-state index in [-0.39, 0.29) is 11.6 Å². The molecule has 2 nitrogen and oxygen atoms in total. The van der Waals surface area contributed by atoms with E-state index in [0.29, 0.717) is 55.5 Å². The molecule has 0 fully saturated rings. The largest absolute Gasteiger partial charge is 0.289 e. The molecule has 4 aromatic rings. The van der Waals surface area contributed by atoms with Crippen molar-refractivity contribution < 1.29 is 9.59 Å². The second kappa shape index (κ2) is 13.3. The van der Waals surface area contributed by atoms with Crippen LogP contribution in [0.25, 0.3) is 21.5 Å². The van der Waals surface area contributed by atoms with Crippen LogP contribution in [0.1, 0.15) is 126 Å². The number of carbonyl (C=O) groups is 2. The Morgan fingerprint density at radius 3 is 0.938 bits per heavy atom. The lowest BCUT2D eigenvalue weighted by atomic mass is 9.81. The van der Waals surface area contributed by atoms with Crippen LogP contribution in [-0.2, 0) is 0 Å². The summed E-state index contributed by atoms with van der Waals surface area (Å²) in [5, 5.41) is 3.75. The highest BCUT2D eigenvalue weighted by molar-refractivity contribution is 6.91. The van der Waals surface area contributed by atoms with Gasteiger partial charge in [0.15, 0.2) is 11.6 Å². The summed E-state index contributed by atoms with van der Waals surface area (Å²) in [6.45, 7) is 27.9. The van der Waals surface area contributed by atoms with E-state index in [1.807, 2.05) is 36.4 Å². The number of hydrogen-bond donors (Lipinski definition) is 0. The molecule has 0 aromatic heterocycles. The highest BCUT2D eigenvalue weighted by atomic mass is 28.3. The lowest BCUT2D eigenvalue weighted by Crippen LogP contribution is -2.43. The Morgan fingerprint density at radius 2 is 0.667 bits per heavy atom. The summed E-state index contributed by atoms with van der Waals surface area (Å²) in [6.07, 6.45) is 0. The highest BCUT2D eigenvalue weighted by Crippen LogP contribution is 2.42. The smallest absolute Gasteiger partial charge is 0.194 e. The van der Waals surface area contributed by atoms with Crippen LogP contribution in [0.2, 0.25) is 33.2 Å². The van der Waals surface area contributed by atoms with Crippen LogP contribution in [0.5, 0.6) is 0 Å². The van der Waals surface area contributed by atoms with Gasteiger partial charge in [-0.3, -0.25) is 9.59 Å². The summed E-state index contributed by atoms with van der Waals surface area (Å²) in [7, 11) is -3.77. The van der Waals surface area contributed by atoms with Crippen LogP contribution in [-0.4, -0.2) is 27.7 Å². The maximum absolute atomic E-state index is 14.1. The molecule has 0 saturated heterocycles. The number of benzene rings is 4. The fourth-order valence-electron chi connectivity index (χ4n) is 9.02. The molecule has 0 bridgehead atoms. The Balaban J connectivity index is 1.56. The maximum atomic E-state index is 14.1. The first-order chi connectivity index (χ1) is 22.5. The van der Waals surface area contributed by atoms with Crippen molar-refractivity contribution in [3.63, 3.8) is 0 Å². The lowest BCUT2D eigenvalue weighted by molar-refractivity contribution is 0.0979. The quantitative estimate of drug-likeness (QED) is 0.133. The molecule has 48 heavy (non-hydrogen) atoms. The monoisotopic (exact) mass is 668 g/mol. The zero-order valence-corrected chi connectivity index (χ0v) is 33.1. The molecule has 0 saturated carbocycles. The van der Waals surface area contributed by atoms with Gasteiger partial charge in [-0.05, 0) is 103 Å². The van der Waals surface area contributed by atoms with Crippen LogP contribution >= 0.6 is 0 Å². The number of hydrogen-bond acceptors (Lipinski definition) is 2. The molecule has 0 unspecified atom stereocenters. The minimum Gasteiger partial charge on any atom is -0.289 e. The zero-order chi connectivity index (χ0) is 35.3. The van der Waals surface area contributed by atoms with E-state index >= 15 is 0 Å². The van der Waals surface area contributed by atoms with Crippen molar-refractivity contribution in [1.82, 2.24) is 0 Å². The van der Waals surface area contributed by atoms with Gasteiger partial charge in [0.2, 0.25) is 0 Å². The molecule has 0 amide bonds. The van der Waals surface area contributed by atoms with Gasteiger partial charge in [-0.2, -0.15) is 0 Å². The Labute approximate surface area is 291 Å². The third-order valence-electron chi connectivity index (χ3n) is 11.5. The fourth-order valence-corrected chi connectivity index (χ4v) is 19.5. The Hall–Kier alpha value is -3.71. The van der Waals surface area contributed by atoms with Gasteiger partial charge in [0.25, 0.3) is 0 Å². The molecule has 0 spiro atoms. The first-order valence-corrected chi connectivity index (χ1v) is 22.3. The molecule has 0 heterocycles. The predicted octanol–water partition coefficient (Wildman–Crippen LogP) is 11.9. The van der Waals surface area contributed by atoms with Gasteiger partial charge in [0, 0.05) is 33.4 Å². The second-order valence-electron chi connectivity index (χ2n) is 15.9. The maximum Gasteiger partial charge on any atom is 0.194 e. The SMILES string of the molecule is CC(C)[Si](C#Cc1ccc2cc3c(cc2c1)C(=O)c1cc2cc(C#C[Si](C(C)C)(C(C)C)C(C)C)ccc2cc1C3=O)(C(C)C)C(C)C. The van der Waals surface area contributed by atoms with Crippen molar-refractivity contribution in [1.29, 1.82) is 0 Å². The summed E-state index contributed by atoms with van der Waals surface area (Å²) in [5.41, 5.74) is 14.7. The molecule has 4 heteroatoms. The molecule has 4 aromatic carbocycles. The summed E-state index contributed by atoms with van der Waals surface area (Å²) < 4.78 is 0. The van der Waals surface area contributed by atoms with E-state index in [2.05, 4.69) is 130 Å². The van der Waals surface area contributed by atoms with Crippen LogP contribution in [0.3, 0.4) is 0 Å². The van der Waals surface area contributed by atoms with E-state index in [1.165, 1.54) is 0 Å². The molecule has 1 aliphatic carbocycles. The van der Waals surface area contributed by atoms with Crippen molar-refractivity contribution in [2.24, 2.45) is 0 Å². The molecule has 1 aliphatic rings. The number of ketones is 2. The van der Waals surface area contributed by atoms with Crippen molar-refractivity contribution in [3.8, 4) is 22.9 Å². The van der Waals surface area contributed by atoms with Gasteiger partial charge in [-0.25, -0.2) is 0 Å². The van der Waals surface area contributed by atoms with E-state index in [1.54, 1.807) is 0 Å². The molecule has 0 atom stereocenters. The summed E-state index contributed by atoms with van der Waals surface area (Å²) in [5.74, 6) is 6.90. The van der Waals surface area contributed by atoms with Crippen LogP contribution in [0.4, 0.5) is 0 Å². The van der Waals surface area contributed by atoms with Gasteiger partial charge in [-0.1, -0.05) is 107 Å². The van der Waals surface area contributed by atoms with Crippen molar-refractivity contribution in [2.45, 2.75) is 116 Å².